The van der Waals surface area contributed by atoms with Crippen LogP contribution in [0.2, 0.25) is 5.02 Å². The predicted molar refractivity (Wildman–Crippen MR) is 405 cm³/mol. The number of nitrogens with zero attached hydrogens (tertiary/aromatic N) is 12. The molecule has 0 radical (unpaired) electrons. The molecule has 3 aliphatic heterocycles. The van der Waals surface area contributed by atoms with E-state index in [0.29, 0.717) is 108 Å². The molecule has 7 N–H and O–H groups in total. The van der Waals surface area contributed by atoms with Crippen LogP contribution in [-0.2, 0) is 19.2 Å². The third-order valence-electron chi connectivity index (χ3n) is 17.1. The summed E-state index contributed by atoms with van der Waals surface area (Å²) in [5.41, 5.74) is 5.87. The summed E-state index contributed by atoms with van der Waals surface area (Å²) in [5, 5.41) is 14.1. The average molecular weight is 1670 g/mol. The minimum atomic E-state index is -4.56. The number of carbonyl (C=O) groups is 4. The number of rotatable bonds is 18. The van der Waals surface area contributed by atoms with Gasteiger partial charge in [0.2, 0.25) is 23.6 Å². The van der Waals surface area contributed by atoms with Crippen LogP contribution in [0.3, 0.4) is 0 Å². The number of anilines is 4. The van der Waals surface area contributed by atoms with Crippen LogP contribution < -0.4 is 51.2 Å². The van der Waals surface area contributed by atoms with Gasteiger partial charge in [0, 0.05) is 75.6 Å². The molecule has 0 unspecified atom stereocenters. The molecule has 4 aromatic carbocycles. The molecular formula is C72H74ClF14N19O6S2. The smallest absolute Gasteiger partial charge is 0.405 e. The number of ether oxygens (including phenoxy) is 2. The number of benzene rings is 4. The van der Waals surface area contributed by atoms with Crippen LogP contribution in [0.5, 0.6) is 11.5 Å². The largest absolute Gasteiger partial charge is 0.486 e. The molecule has 3 aliphatic rings. The Balaban J connectivity index is 0.000000215. The van der Waals surface area contributed by atoms with Gasteiger partial charge in [-0.2, -0.15) is 52.7 Å². The van der Waals surface area contributed by atoms with Gasteiger partial charge in [-0.05, 0) is 138 Å². The van der Waals surface area contributed by atoms with E-state index in [2.05, 4.69) is 65.5 Å². The molecule has 0 aliphatic carbocycles. The Labute approximate surface area is 656 Å². The number of alkyl halides is 12. The van der Waals surface area contributed by atoms with Gasteiger partial charge in [0.25, 0.3) is 0 Å². The van der Waals surface area contributed by atoms with E-state index >= 15 is 0 Å². The van der Waals surface area contributed by atoms with Crippen LogP contribution in [0.4, 0.5) is 84.7 Å². The van der Waals surface area contributed by atoms with E-state index in [-0.39, 0.29) is 29.0 Å². The number of aromatic amines is 1. The van der Waals surface area contributed by atoms with E-state index < -0.39 is 109 Å². The van der Waals surface area contributed by atoms with Crippen molar-refractivity contribution in [3.05, 3.63) is 144 Å². The van der Waals surface area contributed by atoms with Crippen molar-refractivity contribution in [3.63, 3.8) is 0 Å². The van der Waals surface area contributed by atoms with E-state index in [9.17, 15) is 80.6 Å². The molecule has 11 aromatic rings. The lowest BCUT2D eigenvalue weighted by Crippen LogP contribution is -2.50. The Morgan fingerprint density at radius 3 is 1.63 bits per heavy atom. The second kappa shape index (κ2) is 34.9. The van der Waals surface area contributed by atoms with Gasteiger partial charge in [-0.3, -0.25) is 19.2 Å². The number of nitrogens with one attached hydrogen (secondary N) is 7. The Morgan fingerprint density at radius 2 is 1.04 bits per heavy atom. The molecule has 0 spiro atoms. The number of hydrogen-bond donors (Lipinski definition) is 7. The highest BCUT2D eigenvalue weighted by Crippen LogP contribution is 2.37. The third-order valence-corrected chi connectivity index (χ3v) is 19.0. The van der Waals surface area contributed by atoms with Gasteiger partial charge in [-0.1, -0.05) is 11.6 Å². The van der Waals surface area contributed by atoms with Crippen LogP contribution >= 0.6 is 34.3 Å². The number of thiazole rings is 2. The zero-order chi connectivity index (χ0) is 82.1. The van der Waals surface area contributed by atoms with Gasteiger partial charge in [0.1, 0.15) is 74.2 Å². The van der Waals surface area contributed by atoms with Gasteiger partial charge in [0.05, 0.1) is 43.8 Å². The molecule has 2 fully saturated rings. The lowest BCUT2D eigenvalue weighted by Gasteiger charge is -2.26. The fourth-order valence-corrected chi connectivity index (χ4v) is 13.3. The molecule has 14 rings (SSSR count). The zero-order valence-corrected chi connectivity index (χ0v) is 62.5. The summed E-state index contributed by atoms with van der Waals surface area (Å²) >= 11 is 9.03. The minimum Gasteiger partial charge on any atom is -0.486 e. The number of fused-ring (bicyclic) bond motifs is 4. The number of amides is 4. The van der Waals surface area contributed by atoms with Crippen molar-refractivity contribution < 1.29 is 95.8 Å². The van der Waals surface area contributed by atoms with Crippen LogP contribution in [0.1, 0.15) is 59.1 Å². The zero-order valence-electron chi connectivity index (χ0n) is 60.1. The molecule has 0 saturated carbocycles. The minimum absolute atomic E-state index is 0. The van der Waals surface area contributed by atoms with Crippen molar-refractivity contribution in [2.45, 2.75) is 101 Å². The molecule has 10 heterocycles. The van der Waals surface area contributed by atoms with Gasteiger partial charge in [-0.25, -0.2) is 58.6 Å². The number of carbonyl (C=O) groups excluding carboxylic acids is 4. The Kier molecular flexibility index (Phi) is 25.5. The van der Waals surface area contributed by atoms with Crippen LogP contribution in [0.15, 0.2) is 127 Å². The topological polar surface area (TPSA) is 310 Å². The fraction of sp³-hybridized carbons (Fsp3) is 0.333. The summed E-state index contributed by atoms with van der Waals surface area (Å²) in [6.07, 6.45) is -9.34. The van der Waals surface area contributed by atoms with Crippen molar-refractivity contribution in [2.75, 3.05) is 72.9 Å². The first-order valence-corrected chi connectivity index (χ1v) is 36.5. The summed E-state index contributed by atoms with van der Waals surface area (Å²) < 4.78 is 190. The van der Waals surface area contributed by atoms with Crippen LogP contribution in [0.25, 0.3) is 76.9 Å². The molecular weight excluding hydrogens is 1590 g/mol. The van der Waals surface area contributed by atoms with Gasteiger partial charge >= 0.3 is 24.7 Å². The first-order valence-electron chi connectivity index (χ1n) is 34.4. The normalized spacial score (nSPS) is 15.1. The number of aromatic nitrogens is 11. The lowest BCUT2D eigenvalue weighted by molar-refractivity contribution is -0.140. The van der Waals surface area contributed by atoms with Gasteiger partial charge < -0.3 is 56.2 Å². The van der Waals surface area contributed by atoms with Gasteiger partial charge in [-0.15, -0.1) is 22.7 Å². The molecule has 7 aromatic heterocycles. The fourth-order valence-electron chi connectivity index (χ4n) is 11.7. The monoisotopic (exact) mass is 1670 g/mol. The second-order valence-electron chi connectivity index (χ2n) is 26.5. The summed E-state index contributed by atoms with van der Waals surface area (Å²) in [7, 11) is 0. The lowest BCUT2D eigenvalue weighted by atomic mass is 10.0. The number of H-pyrrole nitrogens is 1. The number of halogens is 15. The number of hydrogen-bond acceptors (Lipinski definition) is 22. The highest BCUT2D eigenvalue weighted by molar-refractivity contribution is 7.17. The van der Waals surface area contributed by atoms with Crippen LogP contribution in [0, 0.1) is 11.6 Å². The summed E-state index contributed by atoms with van der Waals surface area (Å²) in [6, 6.07) is 23.1. The van der Waals surface area contributed by atoms with Gasteiger partial charge in [0.15, 0.2) is 58.1 Å². The van der Waals surface area contributed by atoms with E-state index in [1.807, 2.05) is 52.3 Å². The molecule has 2 atom stereocenters. The van der Waals surface area contributed by atoms with E-state index in [1.54, 1.807) is 82.2 Å². The van der Waals surface area contributed by atoms with Crippen molar-refractivity contribution in [2.24, 2.45) is 0 Å². The summed E-state index contributed by atoms with van der Waals surface area (Å²) in [5.74, 6) is -2.05. The molecule has 2 saturated heterocycles. The SMILES string of the molecule is CC(C)(Nc1ccnc(-c2ccc3ncsc3c2)n1)C(=O)NCC(F)(F)F.CC(C)(Nc1nc(-c2c[nH]c3ccc(Cl)cc23)ncc1F)C(=O)NCC(F)(F)F.O=C(NCC(F)(F)F)[C@H]1CCCN1c1ccnc(-c2ccc3ncsc3c2)n1.O=C(NCC(F)(F)F)[C@H]1CCCN1c1nc(-c2ccc3c(c2)OCCO3)ncc1F.[HH].[HH].[HH].[HH]. The maximum atomic E-state index is 14.5. The Hall–Kier alpha value is -11.5. The van der Waals surface area contributed by atoms with Crippen molar-refractivity contribution in [1.29, 1.82) is 0 Å². The molecule has 4 amide bonds. The molecule has 42 heteroatoms. The maximum Gasteiger partial charge on any atom is 0.405 e. The average Bonchev–Trinajstić information content (AvgIpc) is 1.61. The summed E-state index contributed by atoms with van der Waals surface area (Å²) in [6.45, 7) is 1.60. The standard InChI is InChI=1S/C19H18F4N4O3.C18H16ClF4N5O.C18H16F3N5OS.C17H16F3N5OS.4H2/c20-12-9-24-16(11-3-4-14-15(8-11)30-7-6-29-14)26-17(12)27-5-1-2-13(27)18(28)25-10-19(21,22)23;1-17(2,16(29)26-8-18(21,22)23)28-15-12(20)7-25-14(27-15)11-6-24-13-4-3-9(19)5-10(11)13;19-18(20,21)9-23-17(27)13-2-1-7-26(13)15-5-6-22-16(25-15)11-3-4-12-14(8-11)28-10-24-12;1-16(2,15(26)22-8-17(18,19)20)25-13-5-6-21-14(24-13)10-3-4-11-12(7-10)27-9-23-11;;;;/h3-4,8-9,13H,1-2,5-7,10H2,(H,25,28);3-7,24H,8H2,1-2H3,(H,26,29)(H,25,27,28);3-6,8,10,13H,1-2,7,9H2,(H,23,27);3-7,9H,8H2,1-2H3,(H,22,26)(H,21,24,25);4*1H/t13-;;13-;;;;;/m1.1...../s1. The Bertz CT molecular complexity index is 5310. The molecule has 610 valence electrons. The highest BCUT2D eigenvalue weighted by Gasteiger charge is 2.40. The second-order valence-corrected chi connectivity index (χ2v) is 28.8. The molecule has 0 bridgehead atoms. The van der Waals surface area contributed by atoms with E-state index in [4.69, 9.17) is 21.1 Å². The molecule has 25 nitrogen and oxygen atoms in total. The Morgan fingerprint density at radius 1 is 0.535 bits per heavy atom. The summed E-state index contributed by atoms with van der Waals surface area (Å²) in [4.78, 5) is 97.1. The van der Waals surface area contributed by atoms with Crippen molar-refractivity contribution in [3.8, 4) is 57.1 Å². The van der Waals surface area contributed by atoms with Crippen molar-refractivity contribution in [1.82, 2.24) is 76.1 Å². The quantitative estimate of drug-likeness (QED) is 0.0393. The predicted octanol–water partition coefficient (Wildman–Crippen LogP) is 15.0. The first-order chi connectivity index (χ1) is 53.8. The highest BCUT2D eigenvalue weighted by atomic mass is 35.5. The first kappa shape index (κ1) is 83.4. The van der Waals surface area contributed by atoms with Crippen LogP contribution in [-0.4, -0.2) is 179 Å². The van der Waals surface area contributed by atoms with Crippen molar-refractivity contribution >= 4 is 113 Å². The third kappa shape index (κ3) is 22.0. The maximum absolute atomic E-state index is 14.5. The van der Waals surface area contributed by atoms with E-state index in [0.717, 1.165) is 49.5 Å². The van der Waals surface area contributed by atoms with E-state index in [1.165, 1.54) is 61.5 Å². The molecule has 114 heavy (non-hydrogen) atoms.